The van der Waals surface area contributed by atoms with Crippen LogP contribution in [0.2, 0.25) is 0 Å². The van der Waals surface area contributed by atoms with Crippen molar-refractivity contribution in [3.05, 3.63) is 69.5 Å². The van der Waals surface area contributed by atoms with Gasteiger partial charge in [0.15, 0.2) is 0 Å². The molecule has 0 radical (unpaired) electrons. The molecule has 1 amide bonds. The van der Waals surface area contributed by atoms with Gasteiger partial charge in [0, 0.05) is 17.7 Å². The summed E-state index contributed by atoms with van der Waals surface area (Å²) in [4.78, 5) is 27.0. The lowest BCUT2D eigenvalue weighted by molar-refractivity contribution is -0.140. The zero-order chi connectivity index (χ0) is 22.7. The molecule has 0 bridgehead atoms. The molecular weight excluding hydrogens is 469 g/mol. The second kappa shape index (κ2) is 9.62. The van der Waals surface area contributed by atoms with E-state index in [-0.39, 0.29) is 36.2 Å². The summed E-state index contributed by atoms with van der Waals surface area (Å²) in [6.07, 6.45) is -0.0691. The number of rotatable bonds is 7. The number of methoxy groups -OCH3 is 1. The van der Waals surface area contributed by atoms with Gasteiger partial charge in [0.2, 0.25) is 0 Å². The van der Waals surface area contributed by atoms with Crippen LogP contribution in [-0.4, -0.2) is 48.1 Å². The molecular formula is C23H23BrFNO5. The Balaban J connectivity index is 2.13. The molecule has 1 saturated heterocycles. The molecule has 1 atom stereocenters. The lowest BCUT2D eigenvalue weighted by atomic mass is 9.95. The number of hydrogen-bond acceptors (Lipinski definition) is 5. The van der Waals surface area contributed by atoms with Crippen molar-refractivity contribution in [2.45, 2.75) is 26.0 Å². The number of aliphatic hydroxyl groups excluding tert-OH is 1. The predicted octanol–water partition coefficient (Wildman–Crippen LogP) is 4.44. The van der Waals surface area contributed by atoms with Gasteiger partial charge in [-0.05, 0) is 54.0 Å². The number of carbonyl (C=O) groups excluding carboxylic acids is 2. The second-order valence-electron chi connectivity index (χ2n) is 7.28. The number of ketones is 1. The molecule has 2 aromatic carbocycles. The number of nitrogens with zero attached hydrogens (tertiary/aromatic N) is 1. The number of Topliss-reactive ketones (excluding diaryl/α,β-unsaturated/α-hetero) is 1. The van der Waals surface area contributed by atoms with Crippen LogP contribution >= 0.6 is 15.9 Å². The first kappa shape index (κ1) is 23.0. The van der Waals surface area contributed by atoms with Crippen LogP contribution in [0.1, 0.15) is 31.0 Å². The molecule has 8 heteroatoms. The summed E-state index contributed by atoms with van der Waals surface area (Å²) in [5.74, 6) is -2.11. The highest BCUT2D eigenvalue weighted by Crippen LogP contribution is 2.41. The average Bonchev–Trinajstić information content (AvgIpc) is 2.98. The third-order valence-electron chi connectivity index (χ3n) is 4.95. The zero-order valence-corrected chi connectivity index (χ0v) is 19.0. The Hall–Kier alpha value is -2.71. The van der Waals surface area contributed by atoms with Crippen LogP contribution < -0.4 is 4.74 Å². The number of halogens is 2. The number of hydrogen-bond donors (Lipinski definition) is 1. The number of benzene rings is 2. The van der Waals surface area contributed by atoms with Crippen molar-refractivity contribution in [1.29, 1.82) is 0 Å². The van der Waals surface area contributed by atoms with E-state index in [4.69, 9.17) is 9.47 Å². The number of amides is 1. The van der Waals surface area contributed by atoms with Crippen LogP contribution in [0.5, 0.6) is 5.75 Å². The predicted molar refractivity (Wildman–Crippen MR) is 117 cm³/mol. The second-order valence-corrected chi connectivity index (χ2v) is 8.14. The third-order valence-corrected chi connectivity index (χ3v) is 5.57. The minimum absolute atomic E-state index is 0.0691. The van der Waals surface area contributed by atoms with E-state index in [9.17, 15) is 19.1 Å². The molecule has 31 heavy (non-hydrogen) atoms. The van der Waals surface area contributed by atoms with Gasteiger partial charge in [-0.15, -0.1) is 0 Å². The van der Waals surface area contributed by atoms with Gasteiger partial charge in [-0.2, -0.15) is 0 Å². The summed E-state index contributed by atoms with van der Waals surface area (Å²) in [5, 5.41) is 11.0. The molecule has 0 aliphatic carbocycles. The Morgan fingerprint density at radius 2 is 1.94 bits per heavy atom. The molecule has 0 saturated carbocycles. The standard InChI is InChI=1S/C23H23BrFNO5/c1-13(2)31-11-10-26-20(15-6-4-5-7-17(15)25)19(22(28)23(26)29)21(27)14-8-9-18(30-3)16(24)12-14/h4-9,12-13,20,27H,10-11H2,1-3H3/b21-19+. The molecule has 6 nitrogen and oxygen atoms in total. The number of carbonyl (C=O) groups is 2. The first-order chi connectivity index (χ1) is 14.8. The van der Waals surface area contributed by atoms with Crippen molar-refractivity contribution in [2.75, 3.05) is 20.3 Å². The van der Waals surface area contributed by atoms with E-state index in [2.05, 4.69) is 15.9 Å². The van der Waals surface area contributed by atoms with Gasteiger partial charge in [0.05, 0.1) is 35.9 Å². The van der Waals surface area contributed by atoms with E-state index in [1.165, 1.54) is 30.2 Å². The van der Waals surface area contributed by atoms with E-state index in [1.807, 2.05) is 13.8 Å². The van der Waals surface area contributed by atoms with Crippen molar-refractivity contribution < 1.29 is 28.6 Å². The maximum absolute atomic E-state index is 14.7. The molecule has 1 N–H and O–H groups in total. The van der Waals surface area contributed by atoms with E-state index in [0.717, 1.165) is 0 Å². The van der Waals surface area contributed by atoms with Crippen LogP contribution in [0.25, 0.3) is 5.76 Å². The topological polar surface area (TPSA) is 76.1 Å². The summed E-state index contributed by atoms with van der Waals surface area (Å²) >= 11 is 3.34. The number of likely N-dealkylation sites (tertiary alicyclic amines) is 1. The van der Waals surface area contributed by atoms with Gasteiger partial charge in [0.25, 0.3) is 11.7 Å². The summed E-state index contributed by atoms with van der Waals surface area (Å²) in [6, 6.07) is 9.57. The quantitative estimate of drug-likeness (QED) is 0.352. The Kier molecular flexibility index (Phi) is 7.12. The maximum Gasteiger partial charge on any atom is 0.295 e. The zero-order valence-electron chi connectivity index (χ0n) is 17.4. The number of aliphatic hydroxyl groups is 1. The van der Waals surface area contributed by atoms with Gasteiger partial charge in [0.1, 0.15) is 17.3 Å². The van der Waals surface area contributed by atoms with Crippen molar-refractivity contribution in [3.63, 3.8) is 0 Å². The minimum Gasteiger partial charge on any atom is -0.507 e. The van der Waals surface area contributed by atoms with Crippen molar-refractivity contribution in [1.82, 2.24) is 4.90 Å². The van der Waals surface area contributed by atoms with Crippen molar-refractivity contribution >= 4 is 33.4 Å². The highest BCUT2D eigenvalue weighted by atomic mass is 79.9. The molecule has 2 aromatic rings. The van der Waals surface area contributed by atoms with Crippen LogP contribution in [0, 0.1) is 5.82 Å². The Labute approximate surface area is 188 Å². The molecule has 0 spiro atoms. The van der Waals surface area contributed by atoms with E-state index >= 15 is 0 Å². The Morgan fingerprint density at radius 3 is 2.55 bits per heavy atom. The van der Waals surface area contributed by atoms with Crippen LogP contribution in [0.4, 0.5) is 4.39 Å². The maximum atomic E-state index is 14.7. The third kappa shape index (κ3) is 4.65. The first-order valence-electron chi connectivity index (χ1n) is 9.74. The lowest BCUT2D eigenvalue weighted by Gasteiger charge is -2.26. The number of ether oxygens (including phenoxy) is 2. The fourth-order valence-corrected chi connectivity index (χ4v) is 4.03. The molecule has 0 aromatic heterocycles. The van der Waals surface area contributed by atoms with Gasteiger partial charge in [-0.1, -0.05) is 18.2 Å². The van der Waals surface area contributed by atoms with E-state index in [1.54, 1.807) is 24.3 Å². The van der Waals surface area contributed by atoms with Crippen molar-refractivity contribution in [2.24, 2.45) is 0 Å². The minimum atomic E-state index is -1.07. The average molecular weight is 492 g/mol. The molecule has 1 unspecified atom stereocenters. The summed E-state index contributed by atoms with van der Waals surface area (Å²) in [6.45, 7) is 3.95. The highest BCUT2D eigenvalue weighted by Gasteiger charge is 2.46. The molecule has 1 aliphatic rings. The van der Waals surface area contributed by atoms with Gasteiger partial charge < -0.3 is 19.5 Å². The first-order valence-corrected chi connectivity index (χ1v) is 10.5. The van der Waals surface area contributed by atoms with Crippen LogP contribution in [-0.2, 0) is 14.3 Å². The molecule has 1 heterocycles. The Morgan fingerprint density at radius 1 is 1.23 bits per heavy atom. The van der Waals surface area contributed by atoms with Gasteiger partial charge >= 0.3 is 0 Å². The Bertz CT molecular complexity index is 1040. The molecule has 3 rings (SSSR count). The fourth-order valence-electron chi connectivity index (χ4n) is 3.49. The summed E-state index contributed by atoms with van der Waals surface area (Å²) < 4.78 is 26.0. The monoisotopic (exact) mass is 491 g/mol. The normalized spacial score (nSPS) is 18.1. The van der Waals surface area contributed by atoms with Gasteiger partial charge in [-0.25, -0.2) is 4.39 Å². The summed E-state index contributed by atoms with van der Waals surface area (Å²) in [5.41, 5.74) is 0.252. The van der Waals surface area contributed by atoms with E-state index in [0.29, 0.717) is 15.8 Å². The van der Waals surface area contributed by atoms with Gasteiger partial charge in [-0.3, -0.25) is 9.59 Å². The molecule has 1 fully saturated rings. The lowest BCUT2D eigenvalue weighted by Crippen LogP contribution is -2.33. The molecule has 1 aliphatic heterocycles. The van der Waals surface area contributed by atoms with Crippen molar-refractivity contribution in [3.8, 4) is 5.75 Å². The van der Waals surface area contributed by atoms with Crippen LogP contribution in [0.3, 0.4) is 0 Å². The molecule has 164 valence electrons. The summed E-state index contributed by atoms with van der Waals surface area (Å²) in [7, 11) is 1.50. The smallest absolute Gasteiger partial charge is 0.295 e. The largest absolute Gasteiger partial charge is 0.507 e. The highest BCUT2D eigenvalue weighted by molar-refractivity contribution is 9.10. The SMILES string of the molecule is COc1ccc(/C(O)=C2\C(=O)C(=O)N(CCOC(C)C)C2c2ccccc2F)cc1Br. The van der Waals surface area contributed by atoms with E-state index < -0.39 is 23.5 Å². The van der Waals surface area contributed by atoms with Crippen LogP contribution in [0.15, 0.2) is 52.5 Å². The fraction of sp³-hybridized carbons (Fsp3) is 0.304.